The fourth-order valence-corrected chi connectivity index (χ4v) is 2.44. The topological polar surface area (TPSA) is 46.5 Å². The zero-order chi connectivity index (χ0) is 14.1. The molecule has 0 spiro atoms. The largest absolute Gasteiger partial charge is 0.489 e. The monoisotopic (exact) mass is 286 g/mol. The quantitative estimate of drug-likeness (QED) is 0.912. The van der Waals surface area contributed by atoms with Gasteiger partial charge in [-0.1, -0.05) is 23.7 Å². The molecule has 0 aromatic heterocycles. The highest BCUT2D eigenvalue weighted by molar-refractivity contribution is 6.30. The lowest BCUT2D eigenvalue weighted by atomic mass is 9.94. The summed E-state index contributed by atoms with van der Waals surface area (Å²) in [5.74, 6) is -0.267. The standard InChI is InChI=1S/C16H11ClO3/c17-12-3-1-2-10(8-12)13-6-7-20-15-5-4-11(16(18)19)9-14(13)15/h1-6,8-9H,7H2,(H,18,19). The molecule has 0 saturated carbocycles. The molecule has 1 aliphatic heterocycles. The summed E-state index contributed by atoms with van der Waals surface area (Å²) in [6, 6.07) is 12.3. The molecule has 4 heteroatoms. The van der Waals surface area contributed by atoms with Crippen LogP contribution >= 0.6 is 11.6 Å². The van der Waals surface area contributed by atoms with Gasteiger partial charge in [-0.2, -0.15) is 0 Å². The second-order valence-electron chi connectivity index (χ2n) is 4.46. The van der Waals surface area contributed by atoms with E-state index in [0.717, 1.165) is 16.7 Å². The van der Waals surface area contributed by atoms with Crippen LogP contribution in [0.4, 0.5) is 0 Å². The highest BCUT2D eigenvalue weighted by Gasteiger charge is 2.17. The Labute approximate surface area is 121 Å². The normalized spacial score (nSPS) is 13.2. The number of hydrogen-bond donors (Lipinski definition) is 1. The molecule has 20 heavy (non-hydrogen) atoms. The van der Waals surface area contributed by atoms with Crippen molar-refractivity contribution in [2.45, 2.75) is 0 Å². The summed E-state index contributed by atoms with van der Waals surface area (Å²) in [5, 5.41) is 9.75. The number of carboxylic acid groups (broad SMARTS) is 1. The van der Waals surface area contributed by atoms with E-state index in [-0.39, 0.29) is 5.56 Å². The fourth-order valence-electron chi connectivity index (χ4n) is 2.25. The molecule has 100 valence electrons. The number of ether oxygens (including phenoxy) is 1. The number of carboxylic acids is 1. The molecule has 1 heterocycles. The maximum absolute atomic E-state index is 11.1. The molecule has 0 aliphatic carbocycles. The zero-order valence-corrected chi connectivity index (χ0v) is 11.2. The van der Waals surface area contributed by atoms with Crippen LogP contribution in [0.25, 0.3) is 5.57 Å². The van der Waals surface area contributed by atoms with Crippen molar-refractivity contribution < 1.29 is 14.6 Å². The van der Waals surface area contributed by atoms with Gasteiger partial charge in [0.05, 0.1) is 5.56 Å². The van der Waals surface area contributed by atoms with Crippen LogP contribution < -0.4 is 4.74 Å². The molecular formula is C16H11ClO3. The summed E-state index contributed by atoms with van der Waals surface area (Å²) in [7, 11) is 0. The van der Waals surface area contributed by atoms with E-state index < -0.39 is 5.97 Å². The van der Waals surface area contributed by atoms with Crippen LogP contribution in [0.3, 0.4) is 0 Å². The van der Waals surface area contributed by atoms with Gasteiger partial charge in [0, 0.05) is 10.6 Å². The lowest BCUT2D eigenvalue weighted by Gasteiger charge is -2.19. The van der Waals surface area contributed by atoms with Gasteiger partial charge in [-0.25, -0.2) is 4.79 Å². The van der Waals surface area contributed by atoms with Gasteiger partial charge in [-0.15, -0.1) is 0 Å². The number of halogens is 1. The first-order valence-electron chi connectivity index (χ1n) is 6.12. The maximum Gasteiger partial charge on any atom is 0.335 e. The molecule has 1 N–H and O–H groups in total. The summed E-state index contributed by atoms with van der Waals surface area (Å²) in [6.07, 6.45) is 1.93. The molecular weight excluding hydrogens is 276 g/mol. The highest BCUT2D eigenvalue weighted by Crippen LogP contribution is 2.35. The Morgan fingerprint density at radius 3 is 2.80 bits per heavy atom. The minimum absolute atomic E-state index is 0.238. The van der Waals surface area contributed by atoms with Gasteiger partial charge in [-0.3, -0.25) is 0 Å². The molecule has 1 aliphatic rings. The summed E-state index contributed by atoms with van der Waals surface area (Å²) in [6.45, 7) is 0.460. The van der Waals surface area contributed by atoms with Crippen molar-refractivity contribution in [1.29, 1.82) is 0 Å². The predicted octanol–water partition coefficient (Wildman–Crippen LogP) is 3.86. The summed E-state index contributed by atoms with van der Waals surface area (Å²) in [5.41, 5.74) is 2.90. The molecule has 2 aromatic carbocycles. The number of hydrogen-bond acceptors (Lipinski definition) is 2. The maximum atomic E-state index is 11.1. The van der Waals surface area contributed by atoms with Crippen molar-refractivity contribution in [2.75, 3.05) is 6.61 Å². The Morgan fingerprint density at radius 2 is 2.05 bits per heavy atom. The van der Waals surface area contributed by atoms with E-state index >= 15 is 0 Å². The van der Waals surface area contributed by atoms with Crippen LogP contribution in [0, 0.1) is 0 Å². The lowest BCUT2D eigenvalue weighted by Crippen LogP contribution is -2.07. The first kappa shape index (κ1) is 12.8. The van der Waals surface area contributed by atoms with Crippen molar-refractivity contribution in [3.05, 3.63) is 70.3 Å². The Morgan fingerprint density at radius 1 is 1.20 bits per heavy atom. The molecule has 0 radical (unpaired) electrons. The molecule has 0 unspecified atom stereocenters. The summed E-state index contributed by atoms with van der Waals surface area (Å²) < 4.78 is 5.54. The molecule has 0 saturated heterocycles. The van der Waals surface area contributed by atoms with E-state index in [1.54, 1.807) is 24.3 Å². The van der Waals surface area contributed by atoms with Crippen molar-refractivity contribution >= 4 is 23.1 Å². The van der Waals surface area contributed by atoms with E-state index in [0.29, 0.717) is 17.4 Å². The van der Waals surface area contributed by atoms with Crippen LogP contribution in [0.1, 0.15) is 21.5 Å². The van der Waals surface area contributed by atoms with Crippen LogP contribution in [0.15, 0.2) is 48.5 Å². The Balaban J connectivity index is 2.14. The van der Waals surface area contributed by atoms with E-state index in [2.05, 4.69) is 0 Å². The van der Waals surface area contributed by atoms with Crippen molar-refractivity contribution in [3.63, 3.8) is 0 Å². The molecule has 0 bridgehead atoms. The van der Waals surface area contributed by atoms with E-state index in [4.69, 9.17) is 21.4 Å². The van der Waals surface area contributed by atoms with Crippen LogP contribution in [0.2, 0.25) is 5.02 Å². The highest BCUT2D eigenvalue weighted by atomic mass is 35.5. The first-order valence-corrected chi connectivity index (χ1v) is 6.49. The van der Waals surface area contributed by atoms with Gasteiger partial charge in [0.1, 0.15) is 12.4 Å². The molecule has 3 rings (SSSR count). The summed E-state index contributed by atoms with van der Waals surface area (Å²) >= 11 is 6.02. The fraction of sp³-hybridized carbons (Fsp3) is 0.0625. The van der Waals surface area contributed by atoms with Gasteiger partial charge in [0.25, 0.3) is 0 Å². The Hall–Kier alpha value is -2.26. The SMILES string of the molecule is O=C(O)c1ccc2c(c1)C(c1cccc(Cl)c1)=CCO2. The third kappa shape index (κ3) is 2.28. The zero-order valence-electron chi connectivity index (χ0n) is 10.5. The second kappa shape index (κ2) is 5.02. The van der Waals surface area contributed by atoms with Gasteiger partial charge < -0.3 is 9.84 Å². The third-order valence-corrected chi connectivity index (χ3v) is 3.41. The average Bonchev–Trinajstić information content (AvgIpc) is 2.46. The van der Waals surface area contributed by atoms with Crippen LogP contribution in [-0.2, 0) is 0 Å². The van der Waals surface area contributed by atoms with Crippen LogP contribution in [-0.4, -0.2) is 17.7 Å². The second-order valence-corrected chi connectivity index (χ2v) is 4.89. The van der Waals surface area contributed by atoms with E-state index in [1.165, 1.54) is 0 Å². The van der Waals surface area contributed by atoms with E-state index in [1.807, 2.05) is 24.3 Å². The number of benzene rings is 2. The van der Waals surface area contributed by atoms with Gasteiger partial charge in [0.15, 0.2) is 0 Å². The van der Waals surface area contributed by atoms with Gasteiger partial charge >= 0.3 is 5.97 Å². The Kier molecular flexibility index (Phi) is 3.20. The van der Waals surface area contributed by atoms with Crippen molar-refractivity contribution in [3.8, 4) is 5.75 Å². The minimum Gasteiger partial charge on any atom is -0.489 e. The average molecular weight is 287 g/mol. The molecule has 0 fully saturated rings. The number of rotatable bonds is 2. The smallest absolute Gasteiger partial charge is 0.335 e. The molecule has 0 amide bonds. The Bertz CT molecular complexity index is 719. The third-order valence-electron chi connectivity index (χ3n) is 3.18. The number of carbonyl (C=O) groups is 1. The molecule has 2 aromatic rings. The predicted molar refractivity (Wildman–Crippen MR) is 77.4 cm³/mol. The first-order chi connectivity index (χ1) is 9.65. The molecule has 0 atom stereocenters. The van der Waals surface area contributed by atoms with E-state index in [9.17, 15) is 4.79 Å². The molecule has 3 nitrogen and oxygen atoms in total. The van der Waals surface area contributed by atoms with Crippen molar-refractivity contribution in [2.24, 2.45) is 0 Å². The summed E-state index contributed by atoms with van der Waals surface area (Å²) in [4.78, 5) is 11.1. The van der Waals surface area contributed by atoms with Crippen molar-refractivity contribution in [1.82, 2.24) is 0 Å². The minimum atomic E-state index is -0.955. The van der Waals surface area contributed by atoms with Gasteiger partial charge in [0.2, 0.25) is 0 Å². The number of fused-ring (bicyclic) bond motifs is 1. The van der Waals surface area contributed by atoms with Crippen LogP contribution in [0.5, 0.6) is 5.75 Å². The lowest BCUT2D eigenvalue weighted by molar-refractivity contribution is 0.0697. The van der Waals surface area contributed by atoms with Gasteiger partial charge in [-0.05, 0) is 47.5 Å². The number of aromatic carboxylic acids is 1.